The minimum Gasteiger partial charge on any atom is -0.489 e. The highest BCUT2D eigenvalue weighted by atomic mass is 35.5. The molecular formula is C15H14ClFN2O. The second-order valence-electron chi connectivity index (χ2n) is 4.11. The molecule has 0 saturated heterocycles. The van der Waals surface area contributed by atoms with Crippen LogP contribution < -0.4 is 10.5 Å². The zero-order valence-electron chi connectivity index (χ0n) is 10.7. The minimum atomic E-state index is -0.284. The smallest absolute Gasteiger partial charge is 0.129 e. The Morgan fingerprint density at radius 2 is 2.00 bits per heavy atom. The van der Waals surface area contributed by atoms with Gasteiger partial charge in [0.2, 0.25) is 0 Å². The number of rotatable bonds is 5. The van der Waals surface area contributed by atoms with Gasteiger partial charge in [-0.15, -0.1) is 11.6 Å². The highest BCUT2D eigenvalue weighted by Crippen LogP contribution is 2.21. The summed E-state index contributed by atoms with van der Waals surface area (Å²) in [5.41, 5.74) is 6.72. The number of halogens is 2. The Hall–Kier alpha value is -2.07. The summed E-state index contributed by atoms with van der Waals surface area (Å²) in [6.07, 6.45) is 0. The highest BCUT2D eigenvalue weighted by molar-refractivity contribution is 6.28. The number of benzene rings is 2. The van der Waals surface area contributed by atoms with Gasteiger partial charge in [0, 0.05) is 11.6 Å². The van der Waals surface area contributed by atoms with Gasteiger partial charge in [0.15, 0.2) is 0 Å². The number of amidine groups is 1. The number of ether oxygens (including phenoxy) is 1. The average Bonchev–Trinajstić information content (AvgIpc) is 2.47. The van der Waals surface area contributed by atoms with Crippen LogP contribution in [-0.2, 0) is 6.61 Å². The molecule has 0 bridgehead atoms. The third-order valence-electron chi connectivity index (χ3n) is 2.58. The van der Waals surface area contributed by atoms with Crippen molar-refractivity contribution in [1.29, 1.82) is 0 Å². The zero-order chi connectivity index (χ0) is 14.4. The molecule has 2 rings (SSSR count). The first-order valence-corrected chi connectivity index (χ1v) is 6.58. The van der Waals surface area contributed by atoms with E-state index in [2.05, 4.69) is 4.99 Å². The standard InChI is InChI=1S/C15H14ClFN2O/c16-9-15(18)19-12-5-3-6-13(8-12)20-10-11-4-1-2-7-14(11)17/h1-8H,9-10H2,(H2,18,19). The van der Waals surface area contributed by atoms with Crippen molar-refractivity contribution in [2.75, 3.05) is 5.88 Å². The van der Waals surface area contributed by atoms with E-state index >= 15 is 0 Å². The van der Waals surface area contributed by atoms with Crippen molar-refractivity contribution >= 4 is 23.1 Å². The summed E-state index contributed by atoms with van der Waals surface area (Å²) >= 11 is 5.57. The molecule has 0 radical (unpaired) electrons. The quantitative estimate of drug-likeness (QED) is 0.520. The molecule has 0 aliphatic heterocycles. The second-order valence-corrected chi connectivity index (χ2v) is 4.38. The maximum Gasteiger partial charge on any atom is 0.129 e. The first kappa shape index (κ1) is 14.3. The molecule has 2 aromatic rings. The maximum atomic E-state index is 13.5. The van der Waals surface area contributed by atoms with E-state index in [-0.39, 0.29) is 18.3 Å². The summed E-state index contributed by atoms with van der Waals surface area (Å²) in [6.45, 7) is 0.158. The summed E-state index contributed by atoms with van der Waals surface area (Å²) in [6, 6.07) is 13.6. The van der Waals surface area contributed by atoms with Crippen molar-refractivity contribution in [2.24, 2.45) is 10.7 Å². The van der Waals surface area contributed by atoms with Crippen LogP contribution in [0.5, 0.6) is 5.75 Å². The second kappa shape index (κ2) is 6.91. The minimum absolute atomic E-state index is 0.158. The van der Waals surface area contributed by atoms with Crippen LogP contribution >= 0.6 is 11.6 Å². The lowest BCUT2D eigenvalue weighted by molar-refractivity contribution is 0.300. The molecule has 0 unspecified atom stereocenters. The summed E-state index contributed by atoms with van der Waals surface area (Å²) in [4.78, 5) is 4.12. The van der Waals surface area contributed by atoms with Crippen LogP contribution in [0.1, 0.15) is 5.56 Å². The van der Waals surface area contributed by atoms with Crippen LogP contribution in [0.15, 0.2) is 53.5 Å². The first-order valence-electron chi connectivity index (χ1n) is 6.04. The average molecular weight is 293 g/mol. The summed E-state index contributed by atoms with van der Waals surface area (Å²) < 4.78 is 19.0. The number of nitrogens with zero attached hydrogens (tertiary/aromatic N) is 1. The van der Waals surface area contributed by atoms with E-state index in [1.54, 1.807) is 42.5 Å². The molecule has 0 saturated carbocycles. The normalized spacial score (nSPS) is 11.4. The third-order valence-corrected chi connectivity index (χ3v) is 2.85. The molecule has 5 heteroatoms. The molecule has 2 N–H and O–H groups in total. The Balaban J connectivity index is 2.07. The fourth-order valence-electron chi connectivity index (χ4n) is 1.62. The van der Waals surface area contributed by atoms with Crippen molar-refractivity contribution in [3.63, 3.8) is 0 Å². The SMILES string of the molecule is NC(CCl)=Nc1cccc(OCc2ccccc2F)c1. The van der Waals surface area contributed by atoms with Crippen LogP contribution in [-0.4, -0.2) is 11.7 Å². The number of nitrogens with two attached hydrogens (primary N) is 1. The molecule has 20 heavy (non-hydrogen) atoms. The van der Waals surface area contributed by atoms with E-state index in [1.807, 2.05) is 0 Å². The Morgan fingerprint density at radius 1 is 1.20 bits per heavy atom. The van der Waals surface area contributed by atoms with Crippen molar-refractivity contribution in [1.82, 2.24) is 0 Å². The van der Waals surface area contributed by atoms with Gasteiger partial charge in [-0.3, -0.25) is 0 Å². The van der Waals surface area contributed by atoms with Crippen LogP contribution in [0.3, 0.4) is 0 Å². The predicted octanol–water partition coefficient (Wildman–Crippen LogP) is 3.63. The van der Waals surface area contributed by atoms with Gasteiger partial charge in [0.05, 0.1) is 11.6 Å². The van der Waals surface area contributed by atoms with Gasteiger partial charge in [0.25, 0.3) is 0 Å². The van der Waals surface area contributed by atoms with Gasteiger partial charge in [0.1, 0.15) is 24.0 Å². The molecule has 2 aromatic carbocycles. The first-order chi connectivity index (χ1) is 9.69. The molecule has 0 atom stereocenters. The molecule has 0 amide bonds. The molecule has 0 fully saturated rings. The van der Waals surface area contributed by atoms with Gasteiger partial charge in [-0.2, -0.15) is 0 Å². The Labute approximate surface area is 121 Å². The predicted molar refractivity (Wildman–Crippen MR) is 79.2 cm³/mol. The molecule has 0 aliphatic carbocycles. The Kier molecular flexibility index (Phi) is 4.96. The molecule has 3 nitrogen and oxygen atoms in total. The van der Waals surface area contributed by atoms with Crippen LogP contribution in [0, 0.1) is 5.82 Å². The van der Waals surface area contributed by atoms with Gasteiger partial charge in [-0.05, 0) is 18.2 Å². The number of hydrogen-bond acceptors (Lipinski definition) is 2. The van der Waals surface area contributed by atoms with Crippen molar-refractivity contribution in [3.8, 4) is 5.75 Å². The molecule has 104 valence electrons. The number of alkyl halides is 1. The van der Waals surface area contributed by atoms with Crippen LogP contribution in [0.4, 0.5) is 10.1 Å². The zero-order valence-corrected chi connectivity index (χ0v) is 11.5. The fraction of sp³-hybridized carbons (Fsp3) is 0.133. The Morgan fingerprint density at radius 3 is 2.75 bits per heavy atom. The lowest BCUT2D eigenvalue weighted by Gasteiger charge is -2.07. The van der Waals surface area contributed by atoms with E-state index in [1.165, 1.54) is 6.07 Å². The molecule has 0 spiro atoms. The lowest BCUT2D eigenvalue weighted by atomic mass is 10.2. The van der Waals surface area contributed by atoms with Gasteiger partial charge < -0.3 is 10.5 Å². The van der Waals surface area contributed by atoms with Crippen LogP contribution in [0.2, 0.25) is 0 Å². The fourth-order valence-corrected chi connectivity index (χ4v) is 1.67. The Bertz CT molecular complexity index is 616. The molecule has 0 heterocycles. The van der Waals surface area contributed by atoms with E-state index in [0.717, 1.165) is 0 Å². The topological polar surface area (TPSA) is 47.6 Å². The summed E-state index contributed by atoms with van der Waals surface area (Å²) in [7, 11) is 0. The van der Waals surface area contributed by atoms with Gasteiger partial charge in [-0.1, -0.05) is 24.3 Å². The lowest BCUT2D eigenvalue weighted by Crippen LogP contribution is -2.12. The third kappa shape index (κ3) is 3.96. The molecule has 0 aromatic heterocycles. The van der Waals surface area contributed by atoms with Crippen molar-refractivity contribution in [3.05, 3.63) is 59.9 Å². The number of aliphatic imine (C=N–C) groups is 1. The van der Waals surface area contributed by atoms with Gasteiger partial charge >= 0.3 is 0 Å². The van der Waals surface area contributed by atoms with Crippen molar-refractivity contribution < 1.29 is 9.13 Å². The molecule has 0 aliphatic rings. The molecular weight excluding hydrogens is 279 g/mol. The van der Waals surface area contributed by atoms with E-state index < -0.39 is 0 Å². The van der Waals surface area contributed by atoms with Gasteiger partial charge in [-0.25, -0.2) is 9.38 Å². The van der Waals surface area contributed by atoms with E-state index in [9.17, 15) is 4.39 Å². The summed E-state index contributed by atoms with van der Waals surface area (Å²) in [5, 5.41) is 0. The highest BCUT2D eigenvalue weighted by Gasteiger charge is 2.02. The van der Waals surface area contributed by atoms with Crippen LogP contribution in [0.25, 0.3) is 0 Å². The van der Waals surface area contributed by atoms with E-state index in [4.69, 9.17) is 22.1 Å². The largest absolute Gasteiger partial charge is 0.489 e. The maximum absolute atomic E-state index is 13.5. The van der Waals surface area contributed by atoms with E-state index in [0.29, 0.717) is 22.8 Å². The van der Waals surface area contributed by atoms with Crippen molar-refractivity contribution in [2.45, 2.75) is 6.61 Å². The summed E-state index contributed by atoms with van der Waals surface area (Å²) in [5.74, 6) is 0.809. The monoisotopic (exact) mass is 292 g/mol. The number of hydrogen-bond donors (Lipinski definition) is 1.